The highest BCUT2D eigenvalue weighted by Crippen LogP contribution is 1.80. The summed E-state index contributed by atoms with van der Waals surface area (Å²) in [5, 5.41) is 0. The molecule has 0 radical (unpaired) electrons. The maximum atomic E-state index is 5.41. The number of hydrogen-bond acceptors (Lipinski definition) is 0. The van der Waals surface area contributed by atoms with Crippen molar-refractivity contribution in [1.82, 2.24) is 0 Å². The minimum Gasteiger partial charge on any atom is -0.172 e. The Bertz CT molecular complexity index is 110. The Morgan fingerprint density at radius 3 is 1.00 bits per heavy atom. The molecule has 1 rings (SSSR count). The van der Waals surface area contributed by atoms with Gasteiger partial charge in [-0.05, 0) is 0 Å². The quantitative estimate of drug-likeness (QED) is 0.417. The van der Waals surface area contributed by atoms with Crippen LogP contribution in [0.5, 0.6) is 0 Å². The van der Waals surface area contributed by atoms with Crippen molar-refractivity contribution in [2.75, 3.05) is 0 Å². The molecular formula is C8H13ClSi. The van der Waals surface area contributed by atoms with E-state index >= 15 is 0 Å². The van der Waals surface area contributed by atoms with E-state index in [9.17, 15) is 0 Å². The lowest BCUT2D eigenvalue weighted by atomic mass is 10.4. The first-order valence-electron chi connectivity index (χ1n) is 3.37. The molecule has 0 N–H and O–H groups in total. The summed E-state index contributed by atoms with van der Waals surface area (Å²) in [6.07, 6.45) is 0. The zero-order valence-corrected chi connectivity index (χ0v) is 8.33. The van der Waals surface area contributed by atoms with Crippen LogP contribution in [0.3, 0.4) is 0 Å². The third-order valence-corrected chi connectivity index (χ3v) is 0.667. The molecule has 0 saturated carbocycles. The van der Waals surface area contributed by atoms with Crippen LogP contribution in [-0.4, -0.2) is 8.11 Å². The van der Waals surface area contributed by atoms with Crippen molar-refractivity contribution in [1.29, 1.82) is 0 Å². The Kier molecular flexibility index (Phi) is 6.65. The molecule has 1 aromatic carbocycles. The maximum absolute atomic E-state index is 5.41. The van der Waals surface area contributed by atoms with E-state index in [2.05, 4.69) is 13.1 Å². The summed E-state index contributed by atoms with van der Waals surface area (Å²) in [6, 6.07) is 12.0. The van der Waals surface area contributed by atoms with Crippen LogP contribution in [0, 0.1) is 0 Å². The molecule has 10 heavy (non-hydrogen) atoms. The second-order valence-electron chi connectivity index (χ2n) is 2.17. The van der Waals surface area contributed by atoms with Crippen molar-refractivity contribution in [3.05, 3.63) is 36.4 Å². The monoisotopic (exact) mass is 172 g/mol. The lowest BCUT2D eigenvalue weighted by Crippen LogP contribution is -1.78. The summed E-state index contributed by atoms with van der Waals surface area (Å²) in [5.41, 5.74) is 0. The molecule has 0 spiro atoms. The Balaban J connectivity index is 0.000000180. The second kappa shape index (κ2) is 6.84. The first kappa shape index (κ1) is 9.73. The molecule has 56 valence electrons. The van der Waals surface area contributed by atoms with Gasteiger partial charge in [-0.2, -0.15) is 11.1 Å². The summed E-state index contributed by atoms with van der Waals surface area (Å²) >= 11 is 5.41. The molecule has 1 aromatic rings. The third kappa shape index (κ3) is 10.7. The average Bonchev–Trinajstić information content (AvgIpc) is 1.90. The first-order valence-corrected chi connectivity index (χ1v) is 7.43. The van der Waals surface area contributed by atoms with Gasteiger partial charge in [0.2, 0.25) is 0 Å². The molecule has 0 heterocycles. The van der Waals surface area contributed by atoms with E-state index in [1.54, 1.807) is 0 Å². The Labute approximate surface area is 69.2 Å². The molecule has 0 nitrogen and oxygen atoms in total. The van der Waals surface area contributed by atoms with Gasteiger partial charge in [0.05, 0.1) is 0 Å². The molecule has 0 saturated heterocycles. The van der Waals surface area contributed by atoms with Crippen molar-refractivity contribution in [3.63, 3.8) is 0 Å². The van der Waals surface area contributed by atoms with E-state index in [1.165, 1.54) is 0 Å². The standard InChI is InChI=1S/C6H6.C2H7ClSi/c1-2-4-6-5-3-1;1-4(2)3/h1-6H;4H,1-2H3. The number of halogens is 1. The molecule has 0 amide bonds. The highest BCUT2D eigenvalue weighted by atomic mass is 35.6. The molecule has 0 bridgehead atoms. The van der Waals surface area contributed by atoms with Gasteiger partial charge >= 0.3 is 0 Å². The fourth-order valence-electron chi connectivity index (χ4n) is 0.385. The molecule has 0 aliphatic carbocycles. The minimum atomic E-state index is -0.667. The van der Waals surface area contributed by atoms with E-state index in [0.29, 0.717) is 0 Å². The van der Waals surface area contributed by atoms with E-state index in [1.807, 2.05) is 36.4 Å². The van der Waals surface area contributed by atoms with Crippen LogP contribution >= 0.6 is 11.1 Å². The first-order chi connectivity index (χ1) is 4.73. The van der Waals surface area contributed by atoms with Crippen molar-refractivity contribution < 1.29 is 0 Å². The van der Waals surface area contributed by atoms with Gasteiger partial charge in [0, 0.05) is 0 Å². The zero-order valence-electron chi connectivity index (χ0n) is 6.42. The fraction of sp³-hybridized carbons (Fsp3) is 0.250. The summed E-state index contributed by atoms with van der Waals surface area (Å²) < 4.78 is 0. The molecule has 0 aromatic heterocycles. The minimum absolute atomic E-state index is 0.667. The van der Waals surface area contributed by atoms with Crippen LogP contribution in [0.2, 0.25) is 13.1 Å². The Morgan fingerprint density at radius 1 is 0.800 bits per heavy atom. The zero-order chi connectivity index (χ0) is 7.82. The van der Waals surface area contributed by atoms with Gasteiger partial charge in [-0.25, -0.2) is 0 Å². The van der Waals surface area contributed by atoms with Gasteiger partial charge in [-0.1, -0.05) is 49.5 Å². The van der Waals surface area contributed by atoms with Gasteiger partial charge in [0.25, 0.3) is 0 Å². The van der Waals surface area contributed by atoms with Crippen LogP contribution in [0.4, 0.5) is 0 Å². The number of benzene rings is 1. The van der Waals surface area contributed by atoms with Crippen molar-refractivity contribution in [3.8, 4) is 0 Å². The van der Waals surface area contributed by atoms with Crippen LogP contribution < -0.4 is 0 Å². The van der Waals surface area contributed by atoms with Gasteiger partial charge in [0.15, 0.2) is 0 Å². The molecule has 0 aliphatic heterocycles. The molecule has 0 unspecified atom stereocenters. The topological polar surface area (TPSA) is 0 Å². The fourth-order valence-corrected chi connectivity index (χ4v) is 0.385. The third-order valence-electron chi connectivity index (χ3n) is 0.667. The number of hydrogen-bond donors (Lipinski definition) is 0. The van der Waals surface area contributed by atoms with Crippen molar-refractivity contribution in [2.24, 2.45) is 0 Å². The Morgan fingerprint density at radius 2 is 0.900 bits per heavy atom. The van der Waals surface area contributed by atoms with E-state index in [-0.39, 0.29) is 0 Å². The van der Waals surface area contributed by atoms with Crippen LogP contribution in [0.25, 0.3) is 0 Å². The molecule has 0 fully saturated rings. The highest BCUT2D eigenvalue weighted by Gasteiger charge is 1.76. The number of rotatable bonds is 0. The summed E-state index contributed by atoms with van der Waals surface area (Å²) in [4.78, 5) is 0. The average molecular weight is 173 g/mol. The van der Waals surface area contributed by atoms with E-state index in [4.69, 9.17) is 11.1 Å². The normalized spacial score (nSPS) is 8.40. The van der Waals surface area contributed by atoms with Crippen molar-refractivity contribution in [2.45, 2.75) is 13.1 Å². The Hall–Kier alpha value is -0.273. The molecular weight excluding hydrogens is 160 g/mol. The predicted molar refractivity (Wildman–Crippen MR) is 51.2 cm³/mol. The highest BCUT2D eigenvalue weighted by molar-refractivity contribution is 7.05. The molecule has 2 heteroatoms. The van der Waals surface area contributed by atoms with Gasteiger partial charge in [0.1, 0.15) is 8.11 Å². The summed E-state index contributed by atoms with van der Waals surface area (Å²) in [5.74, 6) is 0. The van der Waals surface area contributed by atoms with Gasteiger partial charge in [-0.15, -0.1) is 0 Å². The van der Waals surface area contributed by atoms with E-state index in [0.717, 1.165) is 0 Å². The summed E-state index contributed by atoms with van der Waals surface area (Å²) in [7, 11) is -0.667. The smallest absolute Gasteiger partial charge is 0.134 e. The lowest BCUT2D eigenvalue weighted by molar-refractivity contribution is 1.72. The van der Waals surface area contributed by atoms with Crippen LogP contribution in [-0.2, 0) is 0 Å². The van der Waals surface area contributed by atoms with Gasteiger partial charge < -0.3 is 0 Å². The van der Waals surface area contributed by atoms with Crippen LogP contribution in [0.1, 0.15) is 0 Å². The molecule has 0 aliphatic rings. The SMILES string of the molecule is C[SiH](C)Cl.c1ccccc1. The lowest BCUT2D eigenvalue weighted by Gasteiger charge is -1.72. The largest absolute Gasteiger partial charge is 0.172 e. The van der Waals surface area contributed by atoms with E-state index < -0.39 is 8.11 Å². The second-order valence-corrected chi connectivity index (χ2v) is 6.81. The maximum Gasteiger partial charge on any atom is 0.134 e. The van der Waals surface area contributed by atoms with Crippen molar-refractivity contribution >= 4 is 19.2 Å². The van der Waals surface area contributed by atoms with Gasteiger partial charge in [-0.3, -0.25) is 0 Å². The molecule has 0 atom stereocenters. The summed E-state index contributed by atoms with van der Waals surface area (Å²) in [6.45, 7) is 4.14. The van der Waals surface area contributed by atoms with Crippen LogP contribution in [0.15, 0.2) is 36.4 Å². The predicted octanol–water partition coefficient (Wildman–Crippen LogP) is 2.90.